The number of para-hydroxylation sites is 1. The summed E-state index contributed by atoms with van der Waals surface area (Å²) >= 11 is 0. The highest BCUT2D eigenvalue weighted by molar-refractivity contribution is 6.36. The molecule has 0 spiro atoms. The predicted octanol–water partition coefficient (Wildman–Crippen LogP) is 5.36. The van der Waals surface area contributed by atoms with Crippen molar-refractivity contribution in [2.75, 3.05) is 5.32 Å². The molecule has 138 valence electrons. The zero-order valence-electron chi connectivity index (χ0n) is 15.6. The van der Waals surface area contributed by atoms with Gasteiger partial charge in [0.1, 0.15) is 0 Å². The van der Waals surface area contributed by atoms with E-state index in [1.54, 1.807) is 6.07 Å². The number of aldehydes is 1. The Labute approximate surface area is 169 Å². The lowest BCUT2D eigenvalue weighted by molar-refractivity contribution is -0.104. The van der Waals surface area contributed by atoms with Crippen molar-refractivity contribution >= 4 is 34.2 Å². The van der Waals surface area contributed by atoms with E-state index in [4.69, 9.17) is 0 Å². The van der Waals surface area contributed by atoms with E-state index >= 15 is 0 Å². The average Bonchev–Trinajstić information content (AvgIpc) is 2.78. The van der Waals surface area contributed by atoms with Crippen LogP contribution in [0.2, 0.25) is 0 Å². The second-order valence-electron chi connectivity index (χ2n) is 6.51. The predicted molar refractivity (Wildman–Crippen MR) is 116 cm³/mol. The van der Waals surface area contributed by atoms with Gasteiger partial charge < -0.3 is 5.32 Å². The molecular formula is C26H17NO2. The first-order chi connectivity index (χ1) is 14.2. The van der Waals surface area contributed by atoms with Crippen molar-refractivity contribution in [2.45, 2.75) is 0 Å². The number of hydrogen-bond donors (Lipinski definition) is 1. The van der Waals surface area contributed by atoms with Crippen LogP contribution in [0.15, 0.2) is 91.0 Å². The maximum atomic E-state index is 12.1. The number of Topliss-reactive ketones (excluding diaryl/α,β-unsaturated/α-hetero) is 1. The third-order valence-corrected chi connectivity index (χ3v) is 4.56. The van der Waals surface area contributed by atoms with Gasteiger partial charge in [0, 0.05) is 22.4 Å². The molecule has 4 aromatic carbocycles. The standard InChI is InChI=1S/C26H17NO2/c28-18-26(29)24-17-22(16-21-11-4-6-12-23(21)24)27-25-13-7-5-10-20(25)15-14-19-8-2-1-3-9-19/h1-13,16-18,27H. The molecule has 0 saturated heterocycles. The Morgan fingerprint density at radius 2 is 1.52 bits per heavy atom. The van der Waals surface area contributed by atoms with Gasteiger partial charge in [0.15, 0.2) is 6.29 Å². The van der Waals surface area contributed by atoms with E-state index in [-0.39, 0.29) is 0 Å². The Hall–Kier alpha value is -4.16. The normalized spacial score (nSPS) is 10.1. The summed E-state index contributed by atoms with van der Waals surface area (Å²) in [7, 11) is 0. The zero-order chi connectivity index (χ0) is 20.1. The molecule has 3 heteroatoms. The van der Waals surface area contributed by atoms with E-state index in [2.05, 4.69) is 17.2 Å². The molecule has 0 amide bonds. The average molecular weight is 375 g/mol. The van der Waals surface area contributed by atoms with Crippen LogP contribution in [0.25, 0.3) is 10.8 Å². The van der Waals surface area contributed by atoms with Gasteiger partial charge >= 0.3 is 0 Å². The van der Waals surface area contributed by atoms with E-state index in [0.29, 0.717) is 11.8 Å². The van der Waals surface area contributed by atoms with Crippen LogP contribution >= 0.6 is 0 Å². The summed E-state index contributed by atoms with van der Waals surface area (Å²) in [6.07, 6.45) is 0.352. The minimum absolute atomic E-state index is 0.352. The maximum Gasteiger partial charge on any atom is 0.226 e. The molecule has 29 heavy (non-hydrogen) atoms. The number of rotatable bonds is 4. The SMILES string of the molecule is O=CC(=O)c1cc(Nc2ccccc2C#Cc2ccccc2)cc2ccccc12. The molecule has 4 aromatic rings. The monoisotopic (exact) mass is 375 g/mol. The highest BCUT2D eigenvalue weighted by atomic mass is 16.2. The van der Waals surface area contributed by atoms with Gasteiger partial charge in [-0.3, -0.25) is 9.59 Å². The van der Waals surface area contributed by atoms with Crippen LogP contribution in [-0.4, -0.2) is 12.1 Å². The van der Waals surface area contributed by atoms with Gasteiger partial charge in [-0.2, -0.15) is 0 Å². The van der Waals surface area contributed by atoms with Crippen molar-refractivity contribution < 1.29 is 9.59 Å². The summed E-state index contributed by atoms with van der Waals surface area (Å²) in [4.78, 5) is 23.2. The van der Waals surface area contributed by atoms with Crippen LogP contribution in [-0.2, 0) is 4.79 Å². The lowest BCUT2D eigenvalue weighted by Crippen LogP contribution is -2.03. The Morgan fingerprint density at radius 1 is 0.793 bits per heavy atom. The van der Waals surface area contributed by atoms with E-state index < -0.39 is 5.78 Å². The molecule has 0 saturated carbocycles. The van der Waals surface area contributed by atoms with Gasteiger partial charge in [-0.05, 0) is 47.2 Å². The first-order valence-corrected chi connectivity index (χ1v) is 9.20. The number of carbonyl (C=O) groups is 2. The molecule has 0 aliphatic rings. The highest BCUT2D eigenvalue weighted by Gasteiger charge is 2.11. The molecule has 0 aliphatic heterocycles. The van der Waals surface area contributed by atoms with E-state index in [1.165, 1.54) is 0 Å². The van der Waals surface area contributed by atoms with Crippen LogP contribution in [0.5, 0.6) is 0 Å². The van der Waals surface area contributed by atoms with Crippen LogP contribution in [0, 0.1) is 11.8 Å². The Bertz CT molecular complexity index is 1260. The zero-order valence-corrected chi connectivity index (χ0v) is 15.6. The molecule has 0 atom stereocenters. The molecule has 0 unspecified atom stereocenters. The molecule has 0 aromatic heterocycles. The van der Waals surface area contributed by atoms with Crippen molar-refractivity contribution in [2.24, 2.45) is 0 Å². The fraction of sp³-hybridized carbons (Fsp3) is 0. The summed E-state index contributed by atoms with van der Waals surface area (Å²) in [6.45, 7) is 0. The molecule has 4 rings (SSSR count). The molecule has 0 aliphatic carbocycles. The van der Waals surface area contributed by atoms with Gasteiger partial charge in [0.05, 0.1) is 5.69 Å². The second-order valence-corrected chi connectivity index (χ2v) is 6.51. The molecule has 3 nitrogen and oxygen atoms in total. The fourth-order valence-corrected chi connectivity index (χ4v) is 3.17. The second kappa shape index (κ2) is 8.24. The summed E-state index contributed by atoms with van der Waals surface area (Å²) in [5, 5.41) is 4.99. The Balaban J connectivity index is 1.74. The summed E-state index contributed by atoms with van der Waals surface area (Å²) in [6, 6.07) is 28.7. The van der Waals surface area contributed by atoms with Crippen molar-refractivity contribution in [1.29, 1.82) is 0 Å². The minimum atomic E-state index is -0.540. The molecule has 0 bridgehead atoms. The smallest absolute Gasteiger partial charge is 0.226 e. The topological polar surface area (TPSA) is 46.2 Å². The van der Waals surface area contributed by atoms with Crippen LogP contribution in [0.4, 0.5) is 11.4 Å². The van der Waals surface area contributed by atoms with Gasteiger partial charge in [0.2, 0.25) is 5.78 Å². The summed E-state index contributed by atoms with van der Waals surface area (Å²) in [5.41, 5.74) is 3.71. The molecule has 0 heterocycles. The van der Waals surface area contributed by atoms with Crippen LogP contribution in [0.3, 0.4) is 0 Å². The maximum absolute atomic E-state index is 12.1. The van der Waals surface area contributed by atoms with Gasteiger partial charge in [-0.15, -0.1) is 0 Å². The third kappa shape index (κ3) is 4.07. The third-order valence-electron chi connectivity index (χ3n) is 4.56. The molecular weight excluding hydrogens is 358 g/mol. The van der Waals surface area contributed by atoms with E-state index in [9.17, 15) is 9.59 Å². The van der Waals surface area contributed by atoms with Crippen molar-refractivity contribution in [3.8, 4) is 11.8 Å². The lowest BCUT2D eigenvalue weighted by atomic mass is 10.0. The number of ketones is 1. The van der Waals surface area contributed by atoms with Crippen LogP contribution in [0.1, 0.15) is 21.5 Å². The number of hydrogen-bond acceptors (Lipinski definition) is 3. The quantitative estimate of drug-likeness (QED) is 0.226. The van der Waals surface area contributed by atoms with Gasteiger partial charge in [-0.1, -0.05) is 66.4 Å². The number of benzene rings is 4. The lowest BCUT2D eigenvalue weighted by Gasteiger charge is -2.12. The highest BCUT2D eigenvalue weighted by Crippen LogP contribution is 2.27. The number of anilines is 2. The van der Waals surface area contributed by atoms with Crippen molar-refractivity contribution in [3.63, 3.8) is 0 Å². The number of carbonyl (C=O) groups excluding carboxylic acids is 2. The first kappa shape index (κ1) is 18.2. The Kier molecular flexibility index (Phi) is 5.18. The fourth-order valence-electron chi connectivity index (χ4n) is 3.17. The Morgan fingerprint density at radius 3 is 2.34 bits per heavy atom. The number of nitrogens with one attached hydrogen (secondary N) is 1. The molecule has 1 N–H and O–H groups in total. The molecule has 0 fully saturated rings. The minimum Gasteiger partial charge on any atom is -0.354 e. The van der Waals surface area contributed by atoms with E-state index in [1.807, 2.05) is 84.9 Å². The van der Waals surface area contributed by atoms with E-state index in [0.717, 1.165) is 33.3 Å². The molecule has 0 radical (unpaired) electrons. The van der Waals surface area contributed by atoms with Gasteiger partial charge in [0.25, 0.3) is 0 Å². The van der Waals surface area contributed by atoms with Crippen LogP contribution < -0.4 is 5.32 Å². The first-order valence-electron chi connectivity index (χ1n) is 9.20. The van der Waals surface area contributed by atoms with Crippen molar-refractivity contribution in [1.82, 2.24) is 0 Å². The summed E-state index contributed by atoms with van der Waals surface area (Å²) in [5.74, 6) is 5.83. The summed E-state index contributed by atoms with van der Waals surface area (Å²) < 4.78 is 0. The van der Waals surface area contributed by atoms with Gasteiger partial charge in [-0.25, -0.2) is 0 Å². The van der Waals surface area contributed by atoms with Crippen molar-refractivity contribution in [3.05, 3.63) is 108 Å². The largest absolute Gasteiger partial charge is 0.354 e. The number of fused-ring (bicyclic) bond motifs is 1.